The van der Waals surface area contributed by atoms with E-state index in [-0.39, 0.29) is 11.6 Å². The maximum Gasteiger partial charge on any atom is 0.272 e. The molecule has 0 fully saturated rings. The number of carbonyl (C=O) groups excluding carboxylic acids is 1. The first-order valence-corrected chi connectivity index (χ1v) is 4.66. The molecule has 5 nitrogen and oxygen atoms in total. The standard InChI is InChI=1S/C10H10N2O3/c1-6-7-2-5-10(13)11-8(7)3-4-9(6)12(14)15/h3-4H,2,5H2,1H3,(H,11,13). The first-order valence-electron chi connectivity index (χ1n) is 4.66. The molecule has 1 aliphatic heterocycles. The Bertz CT molecular complexity index is 454. The zero-order valence-electron chi connectivity index (χ0n) is 8.24. The van der Waals surface area contributed by atoms with E-state index in [1.165, 1.54) is 6.07 Å². The zero-order valence-corrected chi connectivity index (χ0v) is 8.24. The zero-order chi connectivity index (χ0) is 11.0. The number of nitrogens with zero attached hydrogens (tertiary/aromatic N) is 1. The van der Waals surface area contributed by atoms with Gasteiger partial charge in [-0.2, -0.15) is 0 Å². The van der Waals surface area contributed by atoms with Gasteiger partial charge in [0.1, 0.15) is 0 Å². The summed E-state index contributed by atoms with van der Waals surface area (Å²) in [5.41, 5.74) is 2.35. The molecule has 0 aromatic heterocycles. The quantitative estimate of drug-likeness (QED) is 0.562. The minimum Gasteiger partial charge on any atom is -0.326 e. The van der Waals surface area contributed by atoms with Crippen molar-refractivity contribution < 1.29 is 9.72 Å². The van der Waals surface area contributed by atoms with E-state index in [4.69, 9.17) is 0 Å². The molecule has 1 heterocycles. The monoisotopic (exact) mass is 206 g/mol. The average Bonchev–Trinajstić information content (AvgIpc) is 2.17. The van der Waals surface area contributed by atoms with Gasteiger partial charge in [-0.3, -0.25) is 14.9 Å². The first kappa shape index (κ1) is 9.64. The molecule has 1 amide bonds. The summed E-state index contributed by atoms with van der Waals surface area (Å²) in [6.45, 7) is 1.72. The van der Waals surface area contributed by atoms with E-state index in [2.05, 4.69) is 5.32 Å². The molecule has 0 radical (unpaired) electrons. The minimum atomic E-state index is -0.397. The highest BCUT2D eigenvalue weighted by Gasteiger charge is 2.21. The molecule has 1 aliphatic rings. The van der Waals surface area contributed by atoms with Crippen LogP contribution in [-0.4, -0.2) is 10.8 Å². The molecule has 0 unspecified atom stereocenters. The lowest BCUT2D eigenvalue weighted by Gasteiger charge is -2.18. The van der Waals surface area contributed by atoms with Crippen molar-refractivity contribution >= 4 is 17.3 Å². The number of anilines is 1. The summed E-state index contributed by atoms with van der Waals surface area (Å²) in [6.07, 6.45) is 0.976. The third-order valence-electron chi connectivity index (χ3n) is 2.64. The molecule has 78 valence electrons. The lowest BCUT2D eigenvalue weighted by molar-refractivity contribution is -0.385. The maximum absolute atomic E-state index is 11.1. The third-order valence-corrected chi connectivity index (χ3v) is 2.64. The van der Waals surface area contributed by atoms with Gasteiger partial charge in [0.15, 0.2) is 0 Å². The molecule has 0 saturated heterocycles. The Morgan fingerprint density at radius 2 is 2.13 bits per heavy atom. The Morgan fingerprint density at radius 3 is 2.80 bits per heavy atom. The van der Waals surface area contributed by atoms with Crippen LogP contribution in [0.5, 0.6) is 0 Å². The average molecular weight is 206 g/mol. The van der Waals surface area contributed by atoms with Crippen LogP contribution in [0.15, 0.2) is 12.1 Å². The number of amides is 1. The Morgan fingerprint density at radius 1 is 1.40 bits per heavy atom. The van der Waals surface area contributed by atoms with Crippen LogP contribution in [-0.2, 0) is 11.2 Å². The normalized spacial score (nSPS) is 14.3. The summed E-state index contributed by atoms with van der Waals surface area (Å²) in [5.74, 6) is -0.0317. The van der Waals surface area contributed by atoms with Crippen molar-refractivity contribution in [1.82, 2.24) is 0 Å². The Balaban J connectivity index is 2.53. The van der Waals surface area contributed by atoms with Gasteiger partial charge in [-0.05, 0) is 25.0 Å². The summed E-state index contributed by atoms with van der Waals surface area (Å²) >= 11 is 0. The van der Waals surface area contributed by atoms with E-state index in [1.807, 2.05) is 0 Å². The molecule has 1 aromatic rings. The number of hydrogen-bond donors (Lipinski definition) is 1. The summed E-state index contributed by atoms with van der Waals surface area (Å²) in [4.78, 5) is 21.4. The van der Waals surface area contributed by atoms with E-state index in [0.29, 0.717) is 24.1 Å². The molecule has 0 atom stereocenters. The van der Waals surface area contributed by atoms with Crippen molar-refractivity contribution in [2.24, 2.45) is 0 Å². The number of nitro groups is 1. The number of nitro benzene ring substituents is 1. The van der Waals surface area contributed by atoms with Crippen molar-refractivity contribution in [1.29, 1.82) is 0 Å². The minimum absolute atomic E-state index is 0.0317. The number of carbonyl (C=O) groups is 1. The van der Waals surface area contributed by atoms with Crippen LogP contribution in [0.1, 0.15) is 17.5 Å². The molecule has 1 aromatic carbocycles. The number of nitrogens with one attached hydrogen (secondary N) is 1. The van der Waals surface area contributed by atoms with Crippen LogP contribution in [0, 0.1) is 17.0 Å². The van der Waals surface area contributed by atoms with Crippen LogP contribution in [0.2, 0.25) is 0 Å². The van der Waals surface area contributed by atoms with Crippen molar-refractivity contribution in [3.63, 3.8) is 0 Å². The molecule has 2 rings (SSSR count). The maximum atomic E-state index is 11.1. The van der Waals surface area contributed by atoms with Gasteiger partial charge in [0.05, 0.1) is 4.92 Å². The van der Waals surface area contributed by atoms with Gasteiger partial charge >= 0.3 is 0 Å². The molecule has 0 spiro atoms. The largest absolute Gasteiger partial charge is 0.326 e. The van der Waals surface area contributed by atoms with Crippen LogP contribution < -0.4 is 5.32 Å². The van der Waals surface area contributed by atoms with Crippen LogP contribution in [0.3, 0.4) is 0 Å². The fraction of sp³-hybridized carbons (Fsp3) is 0.300. The Kier molecular flexibility index (Phi) is 2.15. The lowest BCUT2D eigenvalue weighted by atomic mass is 9.97. The van der Waals surface area contributed by atoms with E-state index in [0.717, 1.165) is 5.56 Å². The SMILES string of the molecule is Cc1c([N+](=O)[O-])ccc2c1CCC(=O)N2. The number of fused-ring (bicyclic) bond motifs is 1. The van der Waals surface area contributed by atoms with E-state index in [9.17, 15) is 14.9 Å². The summed E-state index contributed by atoms with van der Waals surface area (Å²) in [7, 11) is 0. The van der Waals surface area contributed by atoms with Gasteiger partial charge < -0.3 is 5.32 Å². The molecule has 15 heavy (non-hydrogen) atoms. The molecule has 1 N–H and O–H groups in total. The Labute approximate surface area is 86.2 Å². The second kappa shape index (κ2) is 3.34. The fourth-order valence-electron chi connectivity index (χ4n) is 1.83. The number of hydrogen-bond acceptors (Lipinski definition) is 3. The van der Waals surface area contributed by atoms with Gasteiger partial charge in [-0.1, -0.05) is 0 Å². The predicted octanol–water partition coefficient (Wildman–Crippen LogP) is 1.79. The van der Waals surface area contributed by atoms with Crippen LogP contribution >= 0.6 is 0 Å². The van der Waals surface area contributed by atoms with Crippen molar-refractivity contribution in [3.8, 4) is 0 Å². The first-order chi connectivity index (χ1) is 7.09. The third kappa shape index (κ3) is 1.56. The van der Waals surface area contributed by atoms with Gasteiger partial charge in [-0.25, -0.2) is 0 Å². The summed E-state index contributed by atoms with van der Waals surface area (Å²) in [6, 6.07) is 3.03. The van der Waals surface area contributed by atoms with E-state index < -0.39 is 4.92 Å². The molecule has 0 aliphatic carbocycles. The highest BCUT2D eigenvalue weighted by Crippen LogP contribution is 2.31. The van der Waals surface area contributed by atoms with E-state index >= 15 is 0 Å². The number of rotatable bonds is 1. The van der Waals surface area contributed by atoms with Gasteiger partial charge in [0.2, 0.25) is 5.91 Å². The molecule has 0 saturated carbocycles. The van der Waals surface area contributed by atoms with Gasteiger partial charge in [0, 0.05) is 23.7 Å². The van der Waals surface area contributed by atoms with Gasteiger partial charge in [-0.15, -0.1) is 0 Å². The topological polar surface area (TPSA) is 72.2 Å². The van der Waals surface area contributed by atoms with E-state index in [1.54, 1.807) is 13.0 Å². The molecule has 0 bridgehead atoms. The molecule has 5 heteroatoms. The fourth-order valence-corrected chi connectivity index (χ4v) is 1.83. The van der Waals surface area contributed by atoms with Crippen molar-refractivity contribution in [2.45, 2.75) is 19.8 Å². The van der Waals surface area contributed by atoms with Crippen molar-refractivity contribution in [3.05, 3.63) is 33.4 Å². The number of benzene rings is 1. The molecular formula is C10H10N2O3. The second-order valence-electron chi connectivity index (χ2n) is 3.54. The smallest absolute Gasteiger partial charge is 0.272 e. The van der Waals surface area contributed by atoms with Gasteiger partial charge in [0.25, 0.3) is 5.69 Å². The lowest BCUT2D eigenvalue weighted by Crippen LogP contribution is -2.19. The molecular weight excluding hydrogens is 196 g/mol. The predicted molar refractivity (Wildman–Crippen MR) is 54.8 cm³/mol. The highest BCUT2D eigenvalue weighted by molar-refractivity contribution is 5.94. The van der Waals surface area contributed by atoms with Crippen molar-refractivity contribution in [2.75, 3.05) is 5.32 Å². The highest BCUT2D eigenvalue weighted by atomic mass is 16.6. The summed E-state index contributed by atoms with van der Waals surface area (Å²) < 4.78 is 0. The summed E-state index contributed by atoms with van der Waals surface area (Å²) in [5, 5.41) is 13.4. The Hall–Kier alpha value is -1.91. The second-order valence-corrected chi connectivity index (χ2v) is 3.54. The van der Waals surface area contributed by atoms with Crippen LogP contribution in [0.4, 0.5) is 11.4 Å². The van der Waals surface area contributed by atoms with Crippen LogP contribution in [0.25, 0.3) is 0 Å².